The fourth-order valence-corrected chi connectivity index (χ4v) is 3.89. The molecule has 0 radical (unpaired) electrons. The van der Waals surface area contributed by atoms with Crippen molar-refractivity contribution in [2.45, 2.75) is 25.3 Å². The van der Waals surface area contributed by atoms with Gasteiger partial charge in [-0.25, -0.2) is 8.42 Å². The van der Waals surface area contributed by atoms with Crippen molar-refractivity contribution in [2.24, 2.45) is 0 Å². The fraction of sp³-hybridized carbons (Fsp3) is 0.250. The van der Waals surface area contributed by atoms with E-state index >= 15 is 0 Å². The van der Waals surface area contributed by atoms with Crippen molar-refractivity contribution in [1.82, 2.24) is 10.1 Å². The molecule has 150 valence electrons. The molecule has 0 aliphatic carbocycles. The Hall–Kier alpha value is -3.20. The number of ether oxygens (including phenoxy) is 1. The minimum Gasteiger partial charge on any atom is -0.482 e. The molecule has 0 saturated carbocycles. The van der Waals surface area contributed by atoms with Gasteiger partial charge >= 0.3 is 0 Å². The van der Waals surface area contributed by atoms with E-state index in [0.29, 0.717) is 17.3 Å². The molecule has 2 heterocycles. The molecule has 1 aliphatic heterocycles. The Kier molecular flexibility index (Phi) is 4.83. The second-order valence-corrected chi connectivity index (χ2v) is 8.96. The first kappa shape index (κ1) is 19.1. The lowest BCUT2D eigenvalue weighted by atomic mass is 10.1. The molecule has 1 aromatic heterocycles. The molecule has 0 atom stereocenters. The van der Waals surface area contributed by atoms with Crippen LogP contribution in [-0.4, -0.2) is 36.8 Å². The molecule has 1 aliphatic rings. The van der Waals surface area contributed by atoms with E-state index in [1.807, 2.05) is 31.2 Å². The number of fused-ring (bicyclic) bond motifs is 1. The van der Waals surface area contributed by atoms with Crippen molar-refractivity contribution in [3.8, 4) is 17.1 Å². The predicted octanol–water partition coefficient (Wildman–Crippen LogP) is 2.76. The number of anilines is 1. The molecular weight excluding hydrogens is 394 g/mol. The first-order chi connectivity index (χ1) is 13.9. The van der Waals surface area contributed by atoms with Crippen LogP contribution in [0.1, 0.15) is 18.4 Å². The standard InChI is InChI=1S/C20H19N3O5S/c1-3-29(25,26)15-8-9-17-16(10-15)23(19(24)12-27-17)11-18-21-20(22-28-18)14-6-4-13(2)5-7-14/h4-10H,3,11-12H2,1-2H3. The van der Waals surface area contributed by atoms with Gasteiger partial charge in [-0.15, -0.1) is 0 Å². The van der Waals surface area contributed by atoms with Gasteiger partial charge in [-0.1, -0.05) is 41.9 Å². The van der Waals surface area contributed by atoms with Gasteiger partial charge in [-0.2, -0.15) is 4.98 Å². The normalized spacial score (nSPS) is 13.9. The van der Waals surface area contributed by atoms with E-state index in [-0.39, 0.29) is 35.6 Å². The predicted molar refractivity (Wildman–Crippen MR) is 105 cm³/mol. The minimum absolute atomic E-state index is 0.0175. The number of aryl methyl sites for hydroxylation is 1. The van der Waals surface area contributed by atoms with Crippen LogP contribution in [0.15, 0.2) is 51.9 Å². The first-order valence-corrected chi connectivity index (χ1v) is 10.7. The van der Waals surface area contributed by atoms with Crippen molar-refractivity contribution in [2.75, 3.05) is 17.3 Å². The Balaban J connectivity index is 1.65. The largest absolute Gasteiger partial charge is 0.482 e. The van der Waals surface area contributed by atoms with Crippen molar-refractivity contribution in [3.63, 3.8) is 0 Å². The topological polar surface area (TPSA) is 103 Å². The zero-order valence-electron chi connectivity index (χ0n) is 16.0. The highest BCUT2D eigenvalue weighted by Crippen LogP contribution is 2.35. The summed E-state index contributed by atoms with van der Waals surface area (Å²) in [5.74, 6) is 0.731. The maximum atomic E-state index is 12.5. The van der Waals surface area contributed by atoms with Crippen LogP contribution in [0.5, 0.6) is 5.75 Å². The summed E-state index contributed by atoms with van der Waals surface area (Å²) in [5, 5.41) is 3.98. The van der Waals surface area contributed by atoms with E-state index in [1.54, 1.807) is 13.0 Å². The van der Waals surface area contributed by atoms with Gasteiger partial charge in [0.25, 0.3) is 5.91 Å². The number of amides is 1. The number of nitrogens with zero attached hydrogens (tertiary/aromatic N) is 3. The number of rotatable bonds is 5. The second kappa shape index (κ2) is 7.32. The van der Waals surface area contributed by atoms with Gasteiger partial charge in [0, 0.05) is 5.56 Å². The molecule has 4 rings (SSSR count). The molecular formula is C20H19N3O5S. The molecule has 0 saturated heterocycles. The highest BCUT2D eigenvalue weighted by atomic mass is 32.2. The van der Waals surface area contributed by atoms with Crippen LogP contribution in [0.2, 0.25) is 0 Å². The monoisotopic (exact) mass is 413 g/mol. The Morgan fingerprint density at radius 3 is 2.62 bits per heavy atom. The average Bonchev–Trinajstić information content (AvgIpc) is 3.19. The van der Waals surface area contributed by atoms with Crippen molar-refractivity contribution in [3.05, 3.63) is 53.9 Å². The van der Waals surface area contributed by atoms with Gasteiger partial charge in [-0.05, 0) is 25.1 Å². The lowest BCUT2D eigenvalue weighted by Crippen LogP contribution is -2.38. The van der Waals surface area contributed by atoms with E-state index in [0.717, 1.165) is 11.1 Å². The third kappa shape index (κ3) is 3.73. The Bertz CT molecular complexity index is 1170. The van der Waals surface area contributed by atoms with E-state index in [9.17, 15) is 13.2 Å². The van der Waals surface area contributed by atoms with Gasteiger partial charge in [0.2, 0.25) is 11.7 Å². The number of aromatic nitrogens is 2. The highest BCUT2D eigenvalue weighted by molar-refractivity contribution is 7.91. The molecule has 0 spiro atoms. The minimum atomic E-state index is -3.43. The van der Waals surface area contributed by atoms with Crippen molar-refractivity contribution in [1.29, 1.82) is 0 Å². The second-order valence-electron chi connectivity index (χ2n) is 6.68. The Morgan fingerprint density at radius 1 is 1.14 bits per heavy atom. The molecule has 0 unspecified atom stereocenters. The third-order valence-electron chi connectivity index (χ3n) is 4.68. The number of benzene rings is 2. The molecule has 0 bridgehead atoms. The molecule has 0 fully saturated rings. The number of sulfone groups is 1. The van der Waals surface area contributed by atoms with Crippen LogP contribution in [0.3, 0.4) is 0 Å². The number of hydrogen-bond donors (Lipinski definition) is 0. The zero-order valence-corrected chi connectivity index (χ0v) is 16.8. The summed E-state index contributed by atoms with van der Waals surface area (Å²) in [6, 6.07) is 12.2. The first-order valence-electron chi connectivity index (χ1n) is 9.07. The summed E-state index contributed by atoms with van der Waals surface area (Å²) in [7, 11) is -3.43. The molecule has 2 aromatic carbocycles. The Morgan fingerprint density at radius 2 is 1.90 bits per heavy atom. The van der Waals surface area contributed by atoms with Gasteiger partial charge in [0.1, 0.15) is 12.3 Å². The SMILES string of the molecule is CCS(=O)(=O)c1ccc2c(c1)N(Cc1nc(-c3ccc(C)cc3)no1)C(=O)CO2. The highest BCUT2D eigenvalue weighted by Gasteiger charge is 2.29. The van der Waals surface area contributed by atoms with E-state index in [2.05, 4.69) is 10.1 Å². The van der Waals surface area contributed by atoms with Crippen LogP contribution in [-0.2, 0) is 21.2 Å². The van der Waals surface area contributed by atoms with Crippen LogP contribution in [0, 0.1) is 6.92 Å². The summed E-state index contributed by atoms with van der Waals surface area (Å²) in [4.78, 5) is 18.4. The number of hydrogen-bond acceptors (Lipinski definition) is 7. The zero-order chi connectivity index (χ0) is 20.6. The lowest BCUT2D eigenvalue weighted by molar-refractivity contribution is -0.121. The van der Waals surface area contributed by atoms with Crippen LogP contribution in [0.25, 0.3) is 11.4 Å². The van der Waals surface area contributed by atoms with Crippen molar-refractivity contribution >= 4 is 21.4 Å². The smallest absolute Gasteiger partial charge is 0.265 e. The summed E-state index contributed by atoms with van der Waals surface area (Å²) in [6.07, 6.45) is 0. The van der Waals surface area contributed by atoms with E-state index in [1.165, 1.54) is 17.0 Å². The van der Waals surface area contributed by atoms with Gasteiger partial charge in [-0.3, -0.25) is 9.69 Å². The van der Waals surface area contributed by atoms with Gasteiger partial charge < -0.3 is 9.26 Å². The van der Waals surface area contributed by atoms with Crippen LogP contribution in [0.4, 0.5) is 5.69 Å². The summed E-state index contributed by atoms with van der Waals surface area (Å²) >= 11 is 0. The van der Waals surface area contributed by atoms with E-state index < -0.39 is 9.84 Å². The molecule has 9 heteroatoms. The molecule has 3 aromatic rings. The quantitative estimate of drug-likeness (QED) is 0.634. The van der Waals surface area contributed by atoms with Gasteiger partial charge in [0.05, 0.1) is 16.3 Å². The maximum Gasteiger partial charge on any atom is 0.265 e. The third-order valence-corrected chi connectivity index (χ3v) is 6.42. The molecule has 29 heavy (non-hydrogen) atoms. The molecule has 8 nitrogen and oxygen atoms in total. The number of carbonyl (C=O) groups is 1. The summed E-state index contributed by atoms with van der Waals surface area (Å²) in [6.45, 7) is 3.43. The summed E-state index contributed by atoms with van der Waals surface area (Å²) < 4.78 is 35.2. The molecule has 0 N–H and O–H groups in total. The van der Waals surface area contributed by atoms with Crippen LogP contribution >= 0.6 is 0 Å². The van der Waals surface area contributed by atoms with Gasteiger partial charge in [0.15, 0.2) is 16.4 Å². The summed E-state index contributed by atoms with van der Waals surface area (Å²) in [5.41, 5.74) is 2.28. The lowest BCUT2D eigenvalue weighted by Gasteiger charge is -2.28. The Labute approximate surface area is 168 Å². The fourth-order valence-electron chi connectivity index (χ4n) is 2.99. The van der Waals surface area contributed by atoms with E-state index in [4.69, 9.17) is 9.26 Å². The number of carbonyl (C=O) groups excluding carboxylic acids is 1. The molecule has 1 amide bonds. The van der Waals surface area contributed by atoms with Crippen molar-refractivity contribution < 1.29 is 22.5 Å². The average molecular weight is 413 g/mol. The maximum absolute atomic E-state index is 12.5. The van der Waals surface area contributed by atoms with Crippen LogP contribution < -0.4 is 9.64 Å².